The van der Waals surface area contributed by atoms with Crippen molar-refractivity contribution in [2.75, 3.05) is 10.6 Å². The third-order valence-corrected chi connectivity index (χ3v) is 7.03. The monoisotopic (exact) mass is 514 g/mol. The Morgan fingerprint density at radius 1 is 0.861 bits per heavy atom. The molecule has 3 aromatic carbocycles. The lowest BCUT2D eigenvalue weighted by Crippen LogP contribution is -2.11. The summed E-state index contributed by atoms with van der Waals surface area (Å²) >= 11 is 2.80. The van der Waals surface area contributed by atoms with Crippen LogP contribution >= 0.6 is 23.1 Å². The van der Waals surface area contributed by atoms with Crippen LogP contribution < -0.4 is 10.6 Å². The number of amides is 2. The van der Waals surface area contributed by atoms with Crippen molar-refractivity contribution in [1.82, 2.24) is 10.2 Å². The number of anilines is 2. The third-order valence-electron chi connectivity index (χ3n) is 4.99. The van der Waals surface area contributed by atoms with E-state index in [1.807, 2.05) is 42.5 Å². The van der Waals surface area contributed by atoms with Gasteiger partial charge in [0.1, 0.15) is 0 Å². The van der Waals surface area contributed by atoms with Crippen molar-refractivity contribution in [2.45, 2.75) is 17.0 Å². The Bertz CT molecular complexity index is 1380. The lowest BCUT2D eigenvalue weighted by atomic mass is 10.1. The summed E-state index contributed by atoms with van der Waals surface area (Å²) in [7, 11) is 0. The highest BCUT2D eigenvalue weighted by atomic mass is 32.2. The van der Waals surface area contributed by atoms with Crippen LogP contribution in [0.2, 0.25) is 0 Å². The van der Waals surface area contributed by atoms with Gasteiger partial charge in [-0.3, -0.25) is 19.7 Å². The van der Waals surface area contributed by atoms with E-state index < -0.39 is 0 Å². The van der Waals surface area contributed by atoms with Gasteiger partial charge in [-0.25, -0.2) is 0 Å². The summed E-state index contributed by atoms with van der Waals surface area (Å²) in [6.45, 7) is 1.50. The van der Waals surface area contributed by atoms with Crippen molar-refractivity contribution in [3.05, 3.63) is 107 Å². The minimum absolute atomic E-state index is 0.0215. The second kappa shape index (κ2) is 12.1. The number of nitrogens with one attached hydrogen (secondary N) is 2. The Morgan fingerprint density at radius 2 is 1.56 bits per heavy atom. The van der Waals surface area contributed by atoms with Crippen LogP contribution in [-0.2, 0) is 10.5 Å². The first-order valence-corrected chi connectivity index (χ1v) is 12.8. The third kappa shape index (κ3) is 7.21. The van der Waals surface area contributed by atoms with Crippen LogP contribution in [0, 0.1) is 0 Å². The van der Waals surface area contributed by atoms with E-state index in [-0.39, 0.29) is 17.6 Å². The fourth-order valence-corrected chi connectivity index (χ4v) is 4.80. The van der Waals surface area contributed by atoms with E-state index in [1.165, 1.54) is 36.1 Å². The number of rotatable bonds is 9. The first kappa shape index (κ1) is 25.0. The van der Waals surface area contributed by atoms with E-state index in [0.717, 1.165) is 15.5 Å². The fourth-order valence-electron chi connectivity index (χ4n) is 3.09. The van der Waals surface area contributed by atoms with Gasteiger partial charge in [-0.1, -0.05) is 65.6 Å². The normalized spacial score (nSPS) is 10.8. The zero-order valence-electron chi connectivity index (χ0n) is 19.3. The average molecular weight is 515 g/mol. The quantitative estimate of drug-likeness (QED) is 0.124. The predicted molar refractivity (Wildman–Crippen MR) is 144 cm³/mol. The largest absolute Gasteiger partial charge is 0.322 e. The molecule has 2 amide bonds. The molecule has 0 aliphatic carbocycles. The van der Waals surface area contributed by atoms with E-state index in [0.29, 0.717) is 27.7 Å². The number of ketones is 1. The number of aromatic nitrogens is 2. The van der Waals surface area contributed by atoms with Gasteiger partial charge in [0.25, 0.3) is 5.91 Å². The number of nitrogens with zero attached hydrogens (tertiary/aromatic N) is 2. The molecule has 0 aliphatic rings. The van der Waals surface area contributed by atoms with Gasteiger partial charge in [-0.05, 0) is 60.5 Å². The smallest absolute Gasteiger partial charge is 0.255 e. The van der Waals surface area contributed by atoms with E-state index in [4.69, 9.17) is 0 Å². The van der Waals surface area contributed by atoms with Crippen LogP contribution in [0.5, 0.6) is 0 Å². The van der Waals surface area contributed by atoms with Crippen molar-refractivity contribution in [3.8, 4) is 0 Å². The Balaban J connectivity index is 1.26. The molecule has 4 rings (SSSR count). The van der Waals surface area contributed by atoms with Crippen LogP contribution in [0.15, 0.2) is 89.3 Å². The molecule has 180 valence electrons. The molecule has 0 atom stereocenters. The SMILES string of the molecule is CC(=O)c1ccc(NC(=O)c2ccc(CSc3nnc(NC(=O)/C=C/c4ccccc4)s3)cc2)cc1. The van der Waals surface area contributed by atoms with Gasteiger partial charge in [0.15, 0.2) is 10.1 Å². The number of thioether (sulfide) groups is 1. The standard InChI is InChI=1S/C27H22N4O3S2/c1-18(32)21-12-14-23(15-13-21)28-25(34)22-10-7-20(8-11-22)17-35-27-31-30-26(36-27)29-24(33)16-9-19-5-3-2-4-6-19/h2-16H,17H2,1H3,(H,28,34)(H,29,30,33)/b16-9+. The van der Waals surface area contributed by atoms with Crippen molar-refractivity contribution in [3.63, 3.8) is 0 Å². The number of hydrogen-bond donors (Lipinski definition) is 2. The summed E-state index contributed by atoms with van der Waals surface area (Å²) in [6.07, 6.45) is 3.20. The number of carbonyl (C=O) groups is 3. The lowest BCUT2D eigenvalue weighted by Gasteiger charge is -2.07. The highest BCUT2D eigenvalue weighted by Crippen LogP contribution is 2.28. The van der Waals surface area contributed by atoms with Crippen molar-refractivity contribution in [2.24, 2.45) is 0 Å². The molecular weight excluding hydrogens is 492 g/mol. The second-order valence-corrected chi connectivity index (χ2v) is 9.88. The molecule has 0 unspecified atom stereocenters. The molecule has 36 heavy (non-hydrogen) atoms. The molecule has 0 saturated heterocycles. The molecule has 0 spiro atoms. The molecule has 0 bridgehead atoms. The van der Waals surface area contributed by atoms with Crippen molar-refractivity contribution in [1.29, 1.82) is 0 Å². The van der Waals surface area contributed by atoms with Gasteiger partial charge >= 0.3 is 0 Å². The second-order valence-electron chi connectivity index (χ2n) is 7.68. The molecule has 0 aliphatic heterocycles. The maximum atomic E-state index is 12.5. The number of benzene rings is 3. The first-order chi connectivity index (χ1) is 17.5. The van der Waals surface area contributed by atoms with Crippen LogP contribution in [0.25, 0.3) is 6.08 Å². The molecule has 0 saturated carbocycles. The molecular formula is C27H22N4O3S2. The lowest BCUT2D eigenvalue weighted by molar-refractivity contribution is -0.111. The maximum absolute atomic E-state index is 12.5. The van der Waals surface area contributed by atoms with Crippen molar-refractivity contribution < 1.29 is 14.4 Å². The molecule has 9 heteroatoms. The van der Waals surface area contributed by atoms with Crippen LogP contribution in [0.4, 0.5) is 10.8 Å². The Labute approximate surface area is 216 Å². The Morgan fingerprint density at radius 3 is 2.25 bits per heavy atom. The van der Waals surface area contributed by atoms with E-state index in [2.05, 4.69) is 20.8 Å². The summed E-state index contributed by atoms with van der Waals surface area (Å²) in [5.74, 6) is 0.128. The molecule has 0 fully saturated rings. The summed E-state index contributed by atoms with van der Waals surface area (Å²) < 4.78 is 0.730. The Hall–Kier alpha value is -4.08. The highest BCUT2D eigenvalue weighted by Gasteiger charge is 2.09. The highest BCUT2D eigenvalue weighted by molar-refractivity contribution is 8.00. The van der Waals surface area contributed by atoms with Crippen LogP contribution in [0.1, 0.15) is 38.8 Å². The summed E-state index contributed by atoms with van der Waals surface area (Å²) in [6, 6.07) is 23.6. The van der Waals surface area contributed by atoms with Gasteiger partial charge in [-0.15, -0.1) is 10.2 Å². The molecule has 0 radical (unpaired) electrons. The molecule has 2 N–H and O–H groups in total. The summed E-state index contributed by atoms with van der Waals surface area (Å²) in [4.78, 5) is 36.0. The van der Waals surface area contributed by atoms with Crippen LogP contribution in [-0.4, -0.2) is 27.8 Å². The van der Waals surface area contributed by atoms with Gasteiger partial charge in [0.2, 0.25) is 11.0 Å². The average Bonchev–Trinajstić information content (AvgIpc) is 3.34. The van der Waals surface area contributed by atoms with E-state index >= 15 is 0 Å². The molecule has 1 aromatic heterocycles. The number of hydrogen-bond acceptors (Lipinski definition) is 7. The number of carbonyl (C=O) groups excluding carboxylic acids is 3. The zero-order chi connectivity index (χ0) is 25.3. The van der Waals surface area contributed by atoms with Gasteiger partial charge in [0, 0.05) is 28.6 Å². The fraction of sp³-hybridized carbons (Fsp3) is 0.0741. The van der Waals surface area contributed by atoms with E-state index in [1.54, 1.807) is 42.5 Å². The molecule has 1 heterocycles. The predicted octanol–water partition coefficient (Wildman–Crippen LogP) is 5.94. The van der Waals surface area contributed by atoms with Gasteiger partial charge in [-0.2, -0.15) is 0 Å². The first-order valence-electron chi connectivity index (χ1n) is 11.0. The van der Waals surface area contributed by atoms with Gasteiger partial charge < -0.3 is 5.32 Å². The van der Waals surface area contributed by atoms with Gasteiger partial charge in [0.05, 0.1) is 0 Å². The topological polar surface area (TPSA) is 101 Å². The summed E-state index contributed by atoms with van der Waals surface area (Å²) in [5.41, 5.74) is 3.71. The minimum Gasteiger partial charge on any atom is -0.322 e. The molecule has 4 aromatic rings. The van der Waals surface area contributed by atoms with Crippen LogP contribution in [0.3, 0.4) is 0 Å². The zero-order valence-corrected chi connectivity index (χ0v) is 20.9. The summed E-state index contributed by atoms with van der Waals surface area (Å²) in [5, 5.41) is 14.1. The van der Waals surface area contributed by atoms with Crippen molar-refractivity contribution >= 4 is 57.6 Å². The number of Topliss-reactive ketones (excluding diaryl/α,β-unsaturated/α-hetero) is 1. The minimum atomic E-state index is -0.268. The Kier molecular flexibility index (Phi) is 8.38. The molecule has 7 nitrogen and oxygen atoms in total. The van der Waals surface area contributed by atoms with E-state index in [9.17, 15) is 14.4 Å². The maximum Gasteiger partial charge on any atom is 0.255 e.